The van der Waals surface area contributed by atoms with E-state index in [1.807, 2.05) is 49.4 Å². The molecule has 0 radical (unpaired) electrons. The average molecular weight is 347 g/mol. The highest BCUT2D eigenvalue weighted by Gasteiger charge is 2.36. The number of aryl methyl sites for hydroxylation is 1. The van der Waals surface area contributed by atoms with E-state index in [1.165, 1.54) is 5.56 Å². The monoisotopic (exact) mass is 347 g/mol. The molecule has 1 aliphatic carbocycles. The molecule has 0 aliphatic heterocycles. The third kappa shape index (κ3) is 2.66. The zero-order valence-corrected chi connectivity index (χ0v) is 15.3. The van der Waals surface area contributed by atoms with Crippen LogP contribution in [0.3, 0.4) is 0 Å². The molecule has 0 fully saturated rings. The van der Waals surface area contributed by atoms with Gasteiger partial charge in [-0.1, -0.05) is 37.6 Å². The van der Waals surface area contributed by atoms with Gasteiger partial charge in [0, 0.05) is 22.0 Å². The summed E-state index contributed by atoms with van der Waals surface area (Å²) >= 11 is 0. The Morgan fingerprint density at radius 2 is 2.00 bits per heavy atom. The van der Waals surface area contributed by atoms with Crippen molar-refractivity contribution in [3.05, 3.63) is 70.4 Å². The van der Waals surface area contributed by atoms with Crippen LogP contribution in [0.1, 0.15) is 52.5 Å². The van der Waals surface area contributed by atoms with Crippen LogP contribution in [0.5, 0.6) is 0 Å². The van der Waals surface area contributed by atoms with Gasteiger partial charge in [-0.25, -0.2) is 0 Å². The van der Waals surface area contributed by atoms with Crippen LogP contribution < -0.4 is 11.5 Å². The Hall–Kier alpha value is -2.43. The summed E-state index contributed by atoms with van der Waals surface area (Å²) in [7, 11) is 0. The summed E-state index contributed by atoms with van der Waals surface area (Å²) in [5, 5.41) is 1.07. The molecule has 4 rings (SSSR count). The van der Waals surface area contributed by atoms with E-state index < -0.39 is 5.66 Å². The minimum Gasteiger partial charge on any atom is -0.356 e. The summed E-state index contributed by atoms with van der Waals surface area (Å²) in [6.07, 6.45) is 2.77. The first kappa shape index (κ1) is 17.0. The zero-order valence-electron chi connectivity index (χ0n) is 15.3. The van der Waals surface area contributed by atoms with Crippen LogP contribution in [0.15, 0.2) is 42.5 Å². The fourth-order valence-corrected chi connectivity index (χ4v) is 4.21. The molecule has 0 bridgehead atoms. The van der Waals surface area contributed by atoms with Crippen molar-refractivity contribution in [3.8, 4) is 0 Å². The topological polar surface area (TPSA) is 84.9 Å². The summed E-state index contributed by atoms with van der Waals surface area (Å²) in [4.78, 5) is 16.4. The third-order valence-electron chi connectivity index (χ3n) is 5.72. The first-order valence-electron chi connectivity index (χ1n) is 9.24. The van der Waals surface area contributed by atoms with E-state index in [4.69, 9.17) is 11.5 Å². The minimum atomic E-state index is -0.840. The van der Waals surface area contributed by atoms with Gasteiger partial charge in [-0.3, -0.25) is 4.79 Å². The number of ketones is 1. The second-order valence-electron chi connectivity index (χ2n) is 7.61. The number of rotatable bonds is 3. The van der Waals surface area contributed by atoms with Crippen molar-refractivity contribution in [1.29, 1.82) is 0 Å². The molecule has 3 aromatic rings. The van der Waals surface area contributed by atoms with E-state index in [0.29, 0.717) is 11.5 Å². The number of carbonyl (C=O) groups is 1. The maximum Gasteiger partial charge on any atom is 0.193 e. The van der Waals surface area contributed by atoms with E-state index in [9.17, 15) is 4.79 Å². The number of nitrogens with two attached hydrogens (primary N) is 2. The molecule has 26 heavy (non-hydrogen) atoms. The van der Waals surface area contributed by atoms with Gasteiger partial charge in [0.1, 0.15) is 5.66 Å². The number of aromatic amines is 1. The Morgan fingerprint density at radius 3 is 2.73 bits per heavy atom. The van der Waals surface area contributed by atoms with Crippen molar-refractivity contribution in [2.45, 2.75) is 38.8 Å². The largest absolute Gasteiger partial charge is 0.356 e. The molecular weight excluding hydrogens is 322 g/mol. The molecule has 1 atom stereocenters. The van der Waals surface area contributed by atoms with Gasteiger partial charge in [-0.05, 0) is 55.0 Å². The lowest BCUT2D eigenvalue weighted by Crippen LogP contribution is -2.50. The normalized spacial score (nSPS) is 18.7. The first-order chi connectivity index (χ1) is 12.4. The lowest BCUT2D eigenvalue weighted by Gasteiger charge is -2.34. The smallest absolute Gasteiger partial charge is 0.193 e. The molecule has 0 saturated carbocycles. The molecule has 1 aliphatic rings. The number of aromatic nitrogens is 1. The van der Waals surface area contributed by atoms with Crippen LogP contribution in [0.2, 0.25) is 0 Å². The molecule has 1 aromatic heterocycles. The molecular formula is C22H25N3O. The van der Waals surface area contributed by atoms with Crippen LogP contribution >= 0.6 is 0 Å². The molecule has 0 spiro atoms. The fourth-order valence-electron chi connectivity index (χ4n) is 4.21. The molecule has 2 aromatic carbocycles. The van der Waals surface area contributed by atoms with Crippen LogP contribution in [0, 0.1) is 12.8 Å². The number of H-pyrrole nitrogens is 1. The van der Waals surface area contributed by atoms with Crippen LogP contribution in [0.25, 0.3) is 10.9 Å². The Labute approximate surface area is 153 Å². The average Bonchev–Trinajstić information content (AvgIpc) is 3.00. The molecule has 5 N–H and O–H groups in total. The Morgan fingerprint density at radius 1 is 1.23 bits per heavy atom. The number of benzene rings is 2. The van der Waals surface area contributed by atoms with Gasteiger partial charge in [-0.2, -0.15) is 0 Å². The number of hydrogen-bond acceptors (Lipinski definition) is 3. The quantitative estimate of drug-likeness (QED) is 0.498. The lowest BCUT2D eigenvalue weighted by atomic mass is 9.79. The second-order valence-corrected chi connectivity index (χ2v) is 7.61. The number of carbonyl (C=O) groups excluding carboxylic acids is 1. The number of nitrogens with one attached hydrogen (secondary N) is 1. The Bertz CT molecular complexity index is 1000. The van der Waals surface area contributed by atoms with Crippen molar-refractivity contribution < 1.29 is 4.79 Å². The van der Waals surface area contributed by atoms with Gasteiger partial charge in [0.05, 0.1) is 5.69 Å². The predicted octanol–water partition coefficient (Wildman–Crippen LogP) is 3.75. The highest BCUT2D eigenvalue weighted by atomic mass is 16.1. The molecule has 4 heteroatoms. The highest BCUT2D eigenvalue weighted by Crippen LogP contribution is 2.38. The van der Waals surface area contributed by atoms with Crippen LogP contribution in [-0.2, 0) is 12.1 Å². The third-order valence-corrected chi connectivity index (χ3v) is 5.72. The van der Waals surface area contributed by atoms with Crippen molar-refractivity contribution in [1.82, 2.24) is 4.98 Å². The van der Waals surface area contributed by atoms with Crippen molar-refractivity contribution in [3.63, 3.8) is 0 Å². The van der Waals surface area contributed by atoms with Crippen molar-refractivity contribution in [2.24, 2.45) is 17.4 Å². The molecule has 0 saturated heterocycles. The van der Waals surface area contributed by atoms with E-state index in [0.717, 1.165) is 47.0 Å². The second kappa shape index (κ2) is 6.08. The molecule has 134 valence electrons. The SMILES string of the molecule is CCC1Cc2c([nH]c3ccc(C(=O)c4ccccc4C)cc23)C(N)(N)C1. The van der Waals surface area contributed by atoms with E-state index in [-0.39, 0.29) is 5.78 Å². The van der Waals surface area contributed by atoms with E-state index in [1.54, 1.807) is 0 Å². The fraction of sp³-hybridized carbons (Fsp3) is 0.318. The van der Waals surface area contributed by atoms with Gasteiger partial charge < -0.3 is 16.5 Å². The van der Waals surface area contributed by atoms with Gasteiger partial charge in [0.25, 0.3) is 0 Å². The zero-order chi connectivity index (χ0) is 18.5. The predicted molar refractivity (Wildman–Crippen MR) is 105 cm³/mol. The first-order valence-corrected chi connectivity index (χ1v) is 9.24. The summed E-state index contributed by atoms with van der Waals surface area (Å²) in [5.41, 5.74) is 17.5. The standard InChI is InChI=1S/C22H25N3O/c1-3-14-10-18-17-11-15(20(26)16-7-5-4-6-13(16)2)8-9-19(17)25-21(18)22(23,24)12-14/h4-9,11,14,25H,3,10,12,23-24H2,1-2H3. The van der Waals surface area contributed by atoms with Crippen molar-refractivity contribution >= 4 is 16.7 Å². The Balaban J connectivity index is 1.84. The highest BCUT2D eigenvalue weighted by molar-refractivity contribution is 6.11. The molecule has 1 heterocycles. The summed E-state index contributed by atoms with van der Waals surface area (Å²) < 4.78 is 0. The maximum atomic E-state index is 13.0. The number of fused-ring (bicyclic) bond motifs is 3. The van der Waals surface area contributed by atoms with Crippen molar-refractivity contribution in [2.75, 3.05) is 0 Å². The molecule has 0 amide bonds. The maximum absolute atomic E-state index is 13.0. The van der Waals surface area contributed by atoms with Gasteiger partial charge in [0.15, 0.2) is 5.78 Å². The van der Waals surface area contributed by atoms with E-state index >= 15 is 0 Å². The number of hydrogen-bond donors (Lipinski definition) is 3. The minimum absolute atomic E-state index is 0.0505. The van der Waals surface area contributed by atoms with Crippen LogP contribution in [0.4, 0.5) is 0 Å². The lowest BCUT2D eigenvalue weighted by molar-refractivity contribution is 0.103. The van der Waals surface area contributed by atoms with Gasteiger partial charge in [0.2, 0.25) is 0 Å². The summed E-state index contributed by atoms with van der Waals surface area (Å²) in [6.45, 7) is 4.14. The van der Waals surface area contributed by atoms with Gasteiger partial charge >= 0.3 is 0 Å². The summed E-state index contributed by atoms with van der Waals surface area (Å²) in [6, 6.07) is 13.5. The van der Waals surface area contributed by atoms with E-state index in [2.05, 4.69) is 11.9 Å². The molecule has 1 unspecified atom stereocenters. The van der Waals surface area contributed by atoms with Gasteiger partial charge in [-0.15, -0.1) is 0 Å². The Kier molecular flexibility index (Phi) is 3.98. The van der Waals surface area contributed by atoms with Crippen LogP contribution in [-0.4, -0.2) is 10.8 Å². The molecule has 4 nitrogen and oxygen atoms in total. The summed E-state index contributed by atoms with van der Waals surface area (Å²) in [5.74, 6) is 0.516.